The summed E-state index contributed by atoms with van der Waals surface area (Å²) in [4.78, 5) is 0. The van der Waals surface area contributed by atoms with Gasteiger partial charge < -0.3 is 0 Å². The number of benzene rings is 1. The number of halogens is 2. The van der Waals surface area contributed by atoms with E-state index in [4.69, 9.17) is 11.6 Å². The maximum Gasteiger partial charge on any atom is 0.132 e. The Morgan fingerprint density at radius 2 is 1.87 bits per heavy atom. The van der Waals surface area contributed by atoms with Crippen molar-refractivity contribution in [2.24, 2.45) is 5.92 Å². The van der Waals surface area contributed by atoms with Gasteiger partial charge in [-0.05, 0) is 37.5 Å². The molecule has 1 aromatic rings. The Kier molecular flexibility index (Phi) is 3.92. The molecule has 0 aliphatic rings. The zero-order valence-corrected chi connectivity index (χ0v) is 10.3. The van der Waals surface area contributed by atoms with Gasteiger partial charge in [0.2, 0.25) is 0 Å². The van der Waals surface area contributed by atoms with Gasteiger partial charge in [-0.25, -0.2) is 4.39 Å². The van der Waals surface area contributed by atoms with Crippen molar-refractivity contribution in [1.29, 1.82) is 0 Å². The Bertz CT molecular complexity index is 371. The fraction of sp³-hybridized carbons (Fsp3) is 0.385. The Morgan fingerprint density at radius 1 is 1.27 bits per heavy atom. The van der Waals surface area contributed by atoms with Crippen LogP contribution < -0.4 is 0 Å². The summed E-state index contributed by atoms with van der Waals surface area (Å²) in [6.07, 6.45) is 0. The molecule has 1 rings (SSSR count). The standard InChI is InChI=1S/C13H16ClF/c1-8(2)9(3)10(4)13-11(14)6-5-7-12(13)15/h5-8H,1-4H3/b10-9+. The largest absolute Gasteiger partial charge is 0.206 e. The molecule has 0 heterocycles. The molecule has 0 atom stereocenters. The predicted octanol–water partition coefficient (Wildman–Crippen LogP) is 4.93. The van der Waals surface area contributed by atoms with Crippen LogP contribution >= 0.6 is 11.6 Å². The molecule has 0 fully saturated rings. The van der Waals surface area contributed by atoms with Gasteiger partial charge in [-0.2, -0.15) is 0 Å². The quantitative estimate of drug-likeness (QED) is 0.671. The lowest BCUT2D eigenvalue weighted by Crippen LogP contribution is -1.96. The van der Waals surface area contributed by atoms with Gasteiger partial charge in [0, 0.05) is 5.56 Å². The highest BCUT2D eigenvalue weighted by Crippen LogP contribution is 2.30. The molecular formula is C13H16ClF. The van der Waals surface area contributed by atoms with E-state index < -0.39 is 0 Å². The van der Waals surface area contributed by atoms with Crippen LogP contribution in [0, 0.1) is 11.7 Å². The van der Waals surface area contributed by atoms with Gasteiger partial charge in [0.1, 0.15) is 5.82 Å². The fourth-order valence-corrected chi connectivity index (χ4v) is 1.79. The molecule has 0 radical (unpaired) electrons. The van der Waals surface area contributed by atoms with E-state index in [1.807, 2.05) is 13.8 Å². The van der Waals surface area contributed by atoms with E-state index in [1.54, 1.807) is 12.1 Å². The highest BCUT2D eigenvalue weighted by Gasteiger charge is 2.12. The molecule has 82 valence electrons. The first-order valence-corrected chi connectivity index (χ1v) is 5.44. The van der Waals surface area contributed by atoms with Gasteiger partial charge in [-0.1, -0.05) is 37.1 Å². The number of allylic oxidation sites excluding steroid dienone is 2. The maximum atomic E-state index is 13.6. The first-order chi connectivity index (χ1) is 6.95. The van der Waals surface area contributed by atoms with Crippen molar-refractivity contribution in [2.45, 2.75) is 27.7 Å². The molecule has 0 nitrogen and oxygen atoms in total. The molecule has 1 aromatic carbocycles. The van der Waals surface area contributed by atoms with Crippen molar-refractivity contribution in [2.75, 3.05) is 0 Å². The third kappa shape index (κ3) is 2.60. The molecule has 15 heavy (non-hydrogen) atoms. The lowest BCUT2D eigenvalue weighted by molar-refractivity contribution is 0.623. The summed E-state index contributed by atoms with van der Waals surface area (Å²) >= 11 is 6.00. The third-order valence-electron chi connectivity index (χ3n) is 2.80. The Hall–Kier alpha value is -0.820. The minimum Gasteiger partial charge on any atom is -0.206 e. The average molecular weight is 227 g/mol. The topological polar surface area (TPSA) is 0 Å². The first kappa shape index (κ1) is 12.3. The second kappa shape index (κ2) is 4.80. The van der Waals surface area contributed by atoms with Crippen molar-refractivity contribution >= 4 is 17.2 Å². The van der Waals surface area contributed by atoms with Crippen LogP contribution in [0.1, 0.15) is 33.3 Å². The molecule has 0 bridgehead atoms. The van der Waals surface area contributed by atoms with Gasteiger partial charge in [0.15, 0.2) is 0 Å². The molecule has 0 amide bonds. The summed E-state index contributed by atoms with van der Waals surface area (Å²) in [6, 6.07) is 4.79. The Morgan fingerprint density at radius 3 is 2.33 bits per heavy atom. The van der Waals surface area contributed by atoms with Crippen LogP contribution in [-0.2, 0) is 0 Å². The molecule has 0 N–H and O–H groups in total. The Balaban J connectivity index is 3.34. The van der Waals surface area contributed by atoms with Crippen molar-refractivity contribution < 1.29 is 4.39 Å². The van der Waals surface area contributed by atoms with Gasteiger partial charge in [0.25, 0.3) is 0 Å². The van der Waals surface area contributed by atoms with Gasteiger partial charge in [-0.3, -0.25) is 0 Å². The van der Waals surface area contributed by atoms with E-state index in [0.29, 0.717) is 16.5 Å². The van der Waals surface area contributed by atoms with Crippen molar-refractivity contribution in [3.63, 3.8) is 0 Å². The van der Waals surface area contributed by atoms with Crippen LogP contribution in [0.2, 0.25) is 5.02 Å². The van der Waals surface area contributed by atoms with Crippen LogP contribution in [0.25, 0.3) is 5.57 Å². The number of hydrogen-bond acceptors (Lipinski definition) is 0. The SMILES string of the molecule is C/C(=C(/C)C(C)C)c1c(F)cccc1Cl. The molecule has 0 aliphatic heterocycles. The molecule has 0 unspecified atom stereocenters. The molecule has 0 aromatic heterocycles. The highest BCUT2D eigenvalue weighted by atomic mass is 35.5. The summed E-state index contributed by atoms with van der Waals surface area (Å²) in [5.74, 6) is 0.153. The second-order valence-electron chi connectivity index (χ2n) is 4.06. The van der Waals surface area contributed by atoms with Crippen LogP contribution in [0.5, 0.6) is 0 Å². The van der Waals surface area contributed by atoms with Crippen molar-refractivity contribution in [3.8, 4) is 0 Å². The van der Waals surface area contributed by atoms with Crippen LogP contribution in [0.15, 0.2) is 23.8 Å². The molecule has 0 saturated carbocycles. The first-order valence-electron chi connectivity index (χ1n) is 5.07. The molecule has 2 heteroatoms. The summed E-state index contributed by atoms with van der Waals surface area (Å²) in [7, 11) is 0. The Labute approximate surface area is 95.8 Å². The summed E-state index contributed by atoms with van der Waals surface area (Å²) in [5, 5.41) is 0.479. The summed E-state index contributed by atoms with van der Waals surface area (Å²) in [5.41, 5.74) is 2.64. The molecular weight excluding hydrogens is 211 g/mol. The van der Waals surface area contributed by atoms with Gasteiger partial charge >= 0.3 is 0 Å². The van der Waals surface area contributed by atoms with E-state index in [0.717, 1.165) is 5.57 Å². The van der Waals surface area contributed by atoms with E-state index in [1.165, 1.54) is 11.6 Å². The van der Waals surface area contributed by atoms with Crippen LogP contribution in [0.3, 0.4) is 0 Å². The number of rotatable bonds is 2. The van der Waals surface area contributed by atoms with Gasteiger partial charge in [0.05, 0.1) is 5.02 Å². The maximum absolute atomic E-state index is 13.6. The third-order valence-corrected chi connectivity index (χ3v) is 3.11. The second-order valence-corrected chi connectivity index (χ2v) is 4.47. The minimum absolute atomic E-state index is 0.250. The summed E-state index contributed by atoms with van der Waals surface area (Å²) in [6.45, 7) is 8.11. The van der Waals surface area contributed by atoms with E-state index >= 15 is 0 Å². The zero-order chi connectivity index (χ0) is 11.6. The van der Waals surface area contributed by atoms with E-state index in [2.05, 4.69) is 13.8 Å². The lowest BCUT2D eigenvalue weighted by atomic mass is 9.95. The van der Waals surface area contributed by atoms with E-state index in [9.17, 15) is 4.39 Å². The van der Waals surface area contributed by atoms with Crippen molar-refractivity contribution in [3.05, 3.63) is 40.2 Å². The normalized spacial score (nSPS) is 13.0. The molecule has 0 aliphatic carbocycles. The average Bonchev–Trinajstić information content (AvgIpc) is 2.15. The predicted molar refractivity (Wildman–Crippen MR) is 64.5 cm³/mol. The fourth-order valence-electron chi connectivity index (χ4n) is 1.49. The zero-order valence-electron chi connectivity index (χ0n) is 9.57. The smallest absolute Gasteiger partial charge is 0.132 e. The van der Waals surface area contributed by atoms with E-state index in [-0.39, 0.29) is 5.82 Å². The highest BCUT2D eigenvalue weighted by molar-refractivity contribution is 6.32. The van der Waals surface area contributed by atoms with Crippen LogP contribution in [0.4, 0.5) is 4.39 Å². The van der Waals surface area contributed by atoms with Gasteiger partial charge in [-0.15, -0.1) is 0 Å². The summed E-state index contributed by atoms with van der Waals surface area (Å²) < 4.78 is 13.6. The molecule has 0 saturated heterocycles. The van der Waals surface area contributed by atoms with Crippen molar-refractivity contribution in [1.82, 2.24) is 0 Å². The lowest BCUT2D eigenvalue weighted by Gasteiger charge is -2.13. The molecule has 0 spiro atoms. The monoisotopic (exact) mass is 226 g/mol. The number of hydrogen-bond donors (Lipinski definition) is 0. The minimum atomic E-state index is -0.250. The van der Waals surface area contributed by atoms with Crippen LogP contribution in [-0.4, -0.2) is 0 Å².